The molecule has 0 atom stereocenters. The highest BCUT2D eigenvalue weighted by Gasteiger charge is 2.27. The summed E-state index contributed by atoms with van der Waals surface area (Å²) in [6.07, 6.45) is 9.56. The lowest BCUT2D eigenvalue weighted by Gasteiger charge is -2.15. The van der Waals surface area contributed by atoms with Crippen LogP contribution in [0.2, 0.25) is 0 Å². The van der Waals surface area contributed by atoms with Crippen molar-refractivity contribution in [1.29, 1.82) is 0 Å². The lowest BCUT2D eigenvalue weighted by Crippen LogP contribution is -2.20. The Labute approximate surface area is 186 Å². The SMILES string of the molecule is O=C1C(=O)c2ccc3ccc(C=Cc4ccccc4)cc3c2C=C1C=Cc1ccccc1. The normalized spacial score (nSPS) is 13.7. The van der Waals surface area contributed by atoms with Crippen molar-refractivity contribution in [3.63, 3.8) is 0 Å². The summed E-state index contributed by atoms with van der Waals surface area (Å²) in [5, 5.41) is 1.99. The second-order valence-electron chi connectivity index (χ2n) is 7.75. The van der Waals surface area contributed by atoms with Gasteiger partial charge in [0.25, 0.3) is 0 Å². The Bertz CT molecular complexity index is 1420. The van der Waals surface area contributed by atoms with E-state index in [9.17, 15) is 9.59 Å². The van der Waals surface area contributed by atoms with Gasteiger partial charge in [0.2, 0.25) is 11.6 Å². The Morgan fingerprint density at radius 1 is 0.531 bits per heavy atom. The minimum Gasteiger partial charge on any atom is -0.285 e. The fraction of sp³-hybridized carbons (Fsp3) is 0. The van der Waals surface area contributed by atoms with Crippen molar-refractivity contribution in [1.82, 2.24) is 0 Å². The highest BCUT2D eigenvalue weighted by atomic mass is 16.2. The molecule has 1 aliphatic carbocycles. The Kier molecular flexibility index (Phi) is 5.19. The maximum absolute atomic E-state index is 12.8. The predicted molar refractivity (Wildman–Crippen MR) is 132 cm³/mol. The van der Waals surface area contributed by atoms with Gasteiger partial charge in [0.05, 0.1) is 0 Å². The van der Waals surface area contributed by atoms with Crippen LogP contribution in [-0.2, 0) is 4.79 Å². The third-order valence-corrected chi connectivity index (χ3v) is 5.62. The van der Waals surface area contributed by atoms with Crippen LogP contribution >= 0.6 is 0 Å². The molecule has 32 heavy (non-hydrogen) atoms. The molecule has 0 unspecified atom stereocenters. The topological polar surface area (TPSA) is 34.1 Å². The molecule has 0 saturated heterocycles. The van der Waals surface area contributed by atoms with E-state index in [4.69, 9.17) is 0 Å². The molecular formula is C30H20O2. The molecule has 152 valence electrons. The van der Waals surface area contributed by atoms with Crippen molar-refractivity contribution < 1.29 is 9.59 Å². The Morgan fingerprint density at radius 3 is 1.81 bits per heavy atom. The van der Waals surface area contributed by atoms with E-state index >= 15 is 0 Å². The molecule has 2 nitrogen and oxygen atoms in total. The molecule has 0 spiro atoms. The first kappa shape index (κ1) is 19.7. The van der Waals surface area contributed by atoms with Gasteiger partial charge in [-0.2, -0.15) is 0 Å². The van der Waals surface area contributed by atoms with Crippen molar-refractivity contribution in [2.45, 2.75) is 0 Å². The molecule has 4 aromatic rings. The van der Waals surface area contributed by atoms with Gasteiger partial charge in [0.1, 0.15) is 0 Å². The third-order valence-electron chi connectivity index (χ3n) is 5.62. The number of benzene rings is 4. The van der Waals surface area contributed by atoms with Gasteiger partial charge in [0.15, 0.2) is 0 Å². The zero-order valence-electron chi connectivity index (χ0n) is 17.4. The van der Waals surface area contributed by atoms with Crippen molar-refractivity contribution in [3.05, 3.63) is 130 Å². The van der Waals surface area contributed by atoms with E-state index in [-0.39, 0.29) is 0 Å². The van der Waals surface area contributed by atoms with E-state index in [1.807, 2.05) is 66.7 Å². The summed E-state index contributed by atoms with van der Waals surface area (Å²) < 4.78 is 0. The Balaban J connectivity index is 1.58. The fourth-order valence-corrected chi connectivity index (χ4v) is 3.92. The maximum Gasteiger partial charge on any atom is 0.234 e. The lowest BCUT2D eigenvalue weighted by atomic mass is 9.86. The molecule has 2 heteroatoms. The van der Waals surface area contributed by atoms with E-state index in [0.29, 0.717) is 11.1 Å². The Morgan fingerprint density at radius 2 is 1.12 bits per heavy atom. The van der Waals surface area contributed by atoms with Gasteiger partial charge in [0, 0.05) is 11.1 Å². The molecule has 0 fully saturated rings. The number of Topliss-reactive ketones (excluding diaryl/α,β-unsaturated/α-hetero) is 2. The molecule has 0 heterocycles. The molecule has 0 saturated carbocycles. The standard InChI is InChI=1S/C30H20O2/c31-29-25(16-13-22-9-5-2-6-10-22)20-28-26(30(29)32)18-17-24-15-14-23(19-27(24)28)12-11-21-7-3-1-4-8-21/h1-20H. The number of ketones is 2. The average molecular weight is 412 g/mol. The second-order valence-corrected chi connectivity index (χ2v) is 7.75. The molecule has 0 amide bonds. The summed E-state index contributed by atoms with van der Waals surface area (Å²) in [6.45, 7) is 0. The van der Waals surface area contributed by atoms with E-state index in [0.717, 1.165) is 33.0 Å². The highest BCUT2D eigenvalue weighted by Crippen LogP contribution is 2.31. The quantitative estimate of drug-likeness (QED) is 0.271. The predicted octanol–water partition coefficient (Wildman–Crippen LogP) is 6.87. The summed E-state index contributed by atoms with van der Waals surface area (Å²) in [5.74, 6) is -0.925. The largest absolute Gasteiger partial charge is 0.285 e. The third kappa shape index (κ3) is 3.86. The number of allylic oxidation sites excluding steroid dienone is 2. The lowest BCUT2D eigenvalue weighted by molar-refractivity contribution is -0.111. The zero-order valence-corrected chi connectivity index (χ0v) is 17.4. The molecule has 0 radical (unpaired) electrons. The second kappa shape index (κ2) is 8.44. The minimum atomic E-state index is -0.468. The highest BCUT2D eigenvalue weighted by molar-refractivity contribution is 6.53. The van der Waals surface area contributed by atoms with Crippen LogP contribution in [0.5, 0.6) is 0 Å². The molecule has 4 aromatic carbocycles. The van der Waals surface area contributed by atoms with Crippen molar-refractivity contribution in [2.75, 3.05) is 0 Å². The summed E-state index contributed by atoms with van der Waals surface area (Å²) >= 11 is 0. The number of hydrogen-bond donors (Lipinski definition) is 0. The first-order valence-corrected chi connectivity index (χ1v) is 10.5. The summed E-state index contributed by atoms with van der Waals surface area (Å²) in [7, 11) is 0. The fourth-order valence-electron chi connectivity index (χ4n) is 3.92. The average Bonchev–Trinajstić information content (AvgIpc) is 2.85. The van der Waals surface area contributed by atoms with Gasteiger partial charge < -0.3 is 0 Å². The molecule has 0 aliphatic heterocycles. The van der Waals surface area contributed by atoms with Crippen LogP contribution in [0, 0.1) is 0 Å². The van der Waals surface area contributed by atoms with Crippen LogP contribution in [0.15, 0.2) is 103 Å². The minimum absolute atomic E-state index is 0.407. The molecule has 5 rings (SSSR count). The summed E-state index contributed by atoms with van der Waals surface area (Å²) in [6, 6.07) is 29.7. The van der Waals surface area contributed by atoms with E-state index in [1.54, 1.807) is 12.1 Å². The number of rotatable bonds is 4. The van der Waals surface area contributed by atoms with Crippen LogP contribution in [0.1, 0.15) is 32.6 Å². The van der Waals surface area contributed by atoms with E-state index in [1.165, 1.54) is 0 Å². The van der Waals surface area contributed by atoms with Gasteiger partial charge >= 0.3 is 0 Å². The monoisotopic (exact) mass is 412 g/mol. The van der Waals surface area contributed by atoms with Crippen LogP contribution in [0.4, 0.5) is 0 Å². The first-order chi connectivity index (χ1) is 15.7. The van der Waals surface area contributed by atoms with Crippen LogP contribution < -0.4 is 0 Å². The number of carbonyl (C=O) groups excluding carboxylic acids is 2. The molecule has 0 bridgehead atoms. The Hall–Kier alpha value is -4.30. The van der Waals surface area contributed by atoms with E-state index in [2.05, 4.69) is 42.5 Å². The van der Waals surface area contributed by atoms with Crippen LogP contribution in [0.25, 0.3) is 35.1 Å². The molecule has 1 aliphatic rings. The van der Waals surface area contributed by atoms with E-state index < -0.39 is 11.6 Å². The smallest absolute Gasteiger partial charge is 0.234 e. The first-order valence-electron chi connectivity index (χ1n) is 10.5. The zero-order chi connectivity index (χ0) is 21.9. The van der Waals surface area contributed by atoms with Gasteiger partial charge in [-0.25, -0.2) is 0 Å². The van der Waals surface area contributed by atoms with Gasteiger partial charge in [-0.05, 0) is 51.2 Å². The number of fused-ring (bicyclic) bond motifs is 3. The van der Waals surface area contributed by atoms with Gasteiger partial charge in [-0.3, -0.25) is 9.59 Å². The van der Waals surface area contributed by atoms with Crippen LogP contribution in [-0.4, -0.2) is 11.6 Å². The molecule has 0 N–H and O–H groups in total. The van der Waals surface area contributed by atoms with Crippen LogP contribution in [0.3, 0.4) is 0 Å². The van der Waals surface area contributed by atoms with Crippen molar-refractivity contribution in [2.24, 2.45) is 0 Å². The number of carbonyl (C=O) groups is 2. The molecular weight excluding hydrogens is 392 g/mol. The number of hydrogen-bond acceptors (Lipinski definition) is 2. The van der Waals surface area contributed by atoms with Crippen molar-refractivity contribution in [3.8, 4) is 0 Å². The van der Waals surface area contributed by atoms with Gasteiger partial charge in [-0.15, -0.1) is 0 Å². The summed E-state index contributed by atoms with van der Waals surface area (Å²) in [5.41, 5.74) is 4.80. The maximum atomic E-state index is 12.8. The van der Waals surface area contributed by atoms with Crippen molar-refractivity contribution >= 4 is 46.6 Å². The van der Waals surface area contributed by atoms with Gasteiger partial charge in [-0.1, -0.05) is 103 Å². The summed E-state index contributed by atoms with van der Waals surface area (Å²) in [4.78, 5) is 25.5. The molecule has 0 aromatic heterocycles.